The van der Waals surface area contributed by atoms with Crippen molar-refractivity contribution in [2.24, 2.45) is 0 Å². The van der Waals surface area contributed by atoms with Crippen LogP contribution in [-0.4, -0.2) is 22.6 Å². The molecule has 0 saturated carbocycles. The summed E-state index contributed by atoms with van der Waals surface area (Å²) < 4.78 is 0.953. The van der Waals surface area contributed by atoms with E-state index in [2.05, 4.69) is 31.9 Å². The van der Waals surface area contributed by atoms with Crippen LogP contribution in [0.25, 0.3) is 0 Å². The van der Waals surface area contributed by atoms with Gasteiger partial charge in [-0.05, 0) is 39.2 Å². The number of anilines is 1. The fourth-order valence-corrected chi connectivity index (χ4v) is 3.29. The Morgan fingerprint density at radius 2 is 2.19 bits per heavy atom. The van der Waals surface area contributed by atoms with Gasteiger partial charge in [0.2, 0.25) is 0 Å². The number of para-hydroxylation sites is 1. The molecule has 0 fully saturated rings. The lowest BCUT2D eigenvalue weighted by Crippen LogP contribution is -2.22. The first-order chi connectivity index (χ1) is 10.1. The van der Waals surface area contributed by atoms with Gasteiger partial charge in [0, 0.05) is 41.6 Å². The molecule has 1 N–H and O–H groups in total. The Kier molecular flexibility index (Phi) is 3.92. The number of rotatable bonds is 4. The van der Waals surface area contributed by atoms with Gasteiger partial charge in [-0.2, -0.15) is 0 Å². The second-order valence-corrected chi connectivity index (χ2v) is 6.16. The smallest absolute Gasteiger partial charge is 0.304 e. The van der Waals surface area contributed by atoms with E-state index in [1.807, 2.05) is 30.5 Å². The van der Waals surface area contributed by atoms with Gasteiger partial charge in [0.1, 0.15) is 0 Å². The maximum Gasteiger partial charge on any atom is 0.304 e. The van der Waals surface area contributed by atoms with Crippen LogP contribution in [0.2, 0.25) is 0 Å². The molecule has 0 saturated heterocycles. The number of carbonyl (C=O) groups is 1. The zero-order valence-corrected chi connectivity index (χ0v) is 13.0. The molecule has 21 heavy (non-hydrogen) atoms. The average molecular weight is 347 g/mol. The number of hydrogen-bond donors (Lipinski definition) is 1. The second-order valence-electron chi connectivity index (χ2n) is 5.25. The van der Waals surface area contributed by atoms with Crippen LogP contribution in [0.5, 0.6) is 0 Å². The minimum atomic E-state index is -0.749. The summed E-state index contributed by atoms with van der Waals surface area (Å²) in [6.07, 6.45) is 3.77. The zero-order chi connectivity index (χ0) is 14.8. The van der Waals surface area contributed by atoms with Crippen molar-refractivity contribution in [3.63, 3.8) is 0 Å². The van der Waals surface area contributed by atoms with Crippen LogP contribution in [0, 0.1) is 0 Å². The van der Waals surface area contributed by atoms with Crippen molar-refractivity contribution in [3.8, 4) is 0 Å². The van der Waals surface area contributed by atoms with Gasteiger partial charge in [-0.1, -0.05) is 18.2 Å². The van der Waals surface area contributed by atoms with Gasteiger partial charge in [0.05, 0.1) is 6.42 Å². The van der Waals surface area contributed by atoms with E-state index in [1.165, 1.54) is 0 Å². The number of carboxylic acid groups (broad SMARTS) is 1. The van der Waals surface area contributed by atoms with Crippen molar-refractivity contribution in [2.75, 3.05) is 11.4 Å². The first kappa shape index (κ1) is 14.1. The quantitative estimate of drug-likeness (QED) is 0.921. The maximum atomic E-state index is 11.0. The number of hydrogen-bond acceptors (Lipinski definition) is 3. The Bertz CT molecular complexity index is 675. The Hall–Kier alpha value is -1.88. The summed E-state index contributed by atoms with van der Waals surface area (Å²) >= 11 is 3.43. The highest BCUT2D eigenvalue weighted by Crippen LogP contribution is 2.38. The molecule has 1 aliphatic heterocycles. The maximum absolute atomic E-state index is 11.0. The normalized spacial score (nSPS) is 16.8. The molecule has 0 bridgehead atoms. The van der Waals surface area contributed by atoms with Crippen LogP contribution < -0.4 is 4.90 Å². The summed E-state index contributed by atoms with van der Waals surface area (Å²) in [5, 5.41) is 9.08. The van der Waals surface area contributed by atoms with Crippen LogP contribution in [0.4, 0.5) is 5.69 Å². The number of carboxylic acids is 1. The first-order valence-electron chi connectivity index (χ1n) is 6.78. The zero-order valence-electron chi connectivity index (χ0n) is 11.4. The molecule has 1 aromatic heterocycles. The molecule has 1 unspecified atom stereocenters. The third-order valence-electron chi connectivity index (χ3n) is 3.71. The number of benzene rings is 1. The highest BCUT2D eigenvalue weighted by Gasteiger charge is 2.29. The van der Waals surface area contributed by atoms with Crippen molar-refractivity contribution in [3.05, 3.63) is 58.3 Å². The van der Waals surface area contributed by atoms with E-state index in [0.717, 1.165) is 34.4 Å². The molecular weight excluding hydrogens is 332 g/mol. The SMILES string of the molecule is O=C(O)CC1CN(Cc2cncc(Br)c2)c2ccccc21. The van der Waals surface area contributed by atoms with Crippen LogP contribution in [0.1, 0.15) is 23.5 Å². The molecule has 4 nitrogen and oxygen atoms in total. The highest BCUT2D eigenvalue weighted by atomic mass is 79.9. The largest absolute Gasteiger partial charge is 0.481 e. The number of pyridine rings is 1. The summed E-state index contributed by atoms with van der Waals surface area (Å²) in [7, 11) is 0. The molecule has 3 rings (SSSR count). The molecule has 2 aromatic rings. The third-order valence-corrected chi connectivity index (χ3v) is 4.15. The highest BCUT2D eigenvalue weighted by molar-refractivity contribution is 9.10. The molecule has 0 radical (unpaired) electrons. The lowest BCUT2D eigenvalue weighted by atomic mass is 9.98. The summed E-state index contributed by atoms with van der Waals surface area (Å²) in [5.41, 5.74) is 3.36. The van der Waals surface area contributed by atoms with E-state index in [4.69, 9.17) is 5.11 Å². The summed E-state index contributed by atoms with van der Waals surface area (Å²) in [4.78, 5) is 17.5. The Morgan fingerprint density at radius 3 is 2.95 bits per heavy atom. The van der Waals surface area contributed by atoms with Gasteiger partial charge >= 0.3 is 5.97 Å². The Labute approximate surface area is 131 Å². The molecule has 1 aromatic carbocycles. The predicted octanol–water partition coefficient (Wildman–Crippen LogP) is 3.42. The number of fused-ring (bicyclic) bond motifs is 1. The second kappa shape index (κ2) is 5.85. The third kappa shape index (κ3) is 3.08. The minimum absolute atomic E-state index is 0.0545. The van der Waals surface area contributed by atoms with E-state index in [0.29, 0.717) is 0 Å². The fourth-order valence-electron chi connectivity index (χ4n) is 2.88. The van der Waals surface area contributed by atoms with Crippen LogP contribution in [-0.2, 0) is 11.3 Å². The lowest BCUT2D eigenvalue weighted by molar-refractivity contribution is -0.137. The van der Waals surface area contributed by atoms with E-state index in [-0.39, 0.29) is 12.3 Å². The number of aliphatic carboxylic acids is 1. The van der Waals surface area contributed by atoms with E-state index in [9.17, 15) is 4.79 Å². The van der Waals surface area contributed by atoms with Crippen LogP contribution >= 0.6 is 15.9 Å². The first-order valence-corrected chi connectivity index (χ1v) is 7.58. The average Bonchev–Trinajstić information content (AvgIpc) is 2.77. The van der Waals surface area contributed by atoms with Gasteiger partial charge < -0.3 is 10.0 Å². The minimum Gasteiger partial charge on any atom is -0.481 e. The summed E-state index contributed by atoms with van der Waals surface area (Å²) in [6, 6.07) is 10.1. The van der Waals surface area contributed by atoms with Crippen LogP contribution in [0.3, 0.4) is 0 Å². The van der Waals surface area contributed by atoms with Crippen molar-refractivity contribution in [2.45, 2.75) is 18.9 Å². The molecule has 1 atom stereocenters. The van der Waals surface area contributed by atoms with Gasteiger partial charge in [-0.25, -0.2) is 0 Å². The van der Waals surface area contributed by atoms with Crippen molar-refractivity contribution >= 4 is 27.6 Å². The van der Waals surface area contributed by atoms with Crippen molar-refractivity contribution in [1.29, 1.82) is 0 Å². The van der Waals surface area contributed by atoms with E-state index in [1.54, 1.807) is 6.20 Å². The monoisotopic (exact) mass is 346 g/mol. The van der Waals surface area contributed by atoms with E-state index >= 15 is 0 Å². The summed E-state index contributed by atoms with van der Waals surface area (Å²) in [5.74, 6) is -0.695. The molecule has 0 aliphatic carbocycles. The molecule has 108 valence electrons. The predicted molar refractivity (Wildman–Crippen MR) is 84.4 cm³/mol. The lowest BCUT2D eigenvalue weighted by Gasteiger charge is -2.19. The Morgan fingerprint density at radius 1 is 1.38 bits per heavy atom. The van der Waals surface area contributed by atoms with Crippen LogP contribution in [0.15, 0.2) is 47.2 Å². The van der Waals surface area contributed by atoms with Gasteiger partial charge in [-0.15, -0.1) is 0 Å². The van der Waals surface area contributed by atoms with Gasteiger partial charge in [-0.3, -0.25) is 9.78 Å². The van der Waals surface area contributed by atoms with E-state index < -0.39 is 5.97 Å². The van der Waals surface area contributed by atoms with Gasteiger partial charge in [0.15, 0.2) is 0 Å². The van der Waals surface area contributed by atoms with Gasteiger partial charge in [0.25, 0.3) is 0 Å². The molecule has 2 heterocycles. The molecule has 1 aliphatic rings. The Balaban J connectivity index is 1.85. The summed E-state index contributed by atoms with van der Waals surface area (Å²) in [6.45, 7) is 1.47. The van der Waals surface area contributed by atoms with Crippen molar-refractivity contribution < 1.29 is 9.90 Å². The molecular formula is C16H15BrN2O2. The number of aromatic nitrogens is 1. The number of nitrogens with zero attached hydrogens (tertiary/aromatic N) is 2. The molecule has 0 amide bonds. The standard InChI is InChI=1S/C16H15BrN2O2/c17-13-5-11(7-18-8-13)9-19-10-12(6-16(20)21)14-3-1-2-4-15(14)19/h1-5,7-8,12H,6,9-10H2,(H,20,21). The molecule has 0 spiro atoms. The number of halogens is 1. The fraction of sp³-hybridized carbons (Fsp3) is 0.250. The van der Waals surface area contributed by atoms with Crippen molar-refractivity contribution in [1.82, 2.24) is 4.98 Å². The topological polar surface area (TPSA) is 53.4 Å². The molecule has 5 heteroatoms.